The zero-order valence-corrected chi connectivity index (χ0v) is 11.5. The van der Waals surface area contributed by atoms with Gasteiger partial charge in [-0.15, -0.1) is 0 Å². The van der Waals surface area contributed by atoms with Gasteiger partial charge in [-0.25, -0.2) is 0 Å². The fourth-order valence-corrected chi connectivity index (χ4v) is 2.02. The average molecular weight is 283 g/mol. The largest absolute Gasteiger partial charge is 0.384 e. The van der Waals surface area contributed by atoms with Crippen molar-refractivity contribution in [1.82, 2.24) is 10.2 Å². The molecule has 3 nitrogen and oxygen atoms in total. The third kappa shape index (κ3) is 2.64. The predicted molar refractivity (Wildman–Crippen MR) is 72.0 cm³/mol. The summed E-state index contributed by atoms with van der Waals surface area (Å²) in [5.41, 5.74) is 2.86. The number of aromatic nitrogens is 2. The molecule has 0 saturated carbocycles. The molecule has 1 aromatic heterocycles. The monoisotopic (exact) mass is 282 g/mol. The maximum absolute atomic E-state index is 10.3. The molecule has 2 rings (SSSR count). The van der Waals surface area contributed by atoms with Crippen molar-refractivity contribution in [2.45, 2.75) is 20.0 Å². The normalized spacial score (nSPS) is 12.5. The molecular weight excluding hydrogens is 271 g/mol. The highest BCUT2D eigenvalue weighted by molar-refractivity contribution is 6.42. The first kappa shape index (κ1) is 13.3. The summed E-state index contributed by atoms with van der Waals surface area (Å²) in [5, 5.41) is 19.2. The molecule has 0 saturated heterocycles. The van der Waals surface area contributed by atoms with Crippen molar-refractivity contribution < 1.29 is 5.11 Å². The first-order valence-electron chi connectivity index (χ1n) is 5.43. The predicted octanol–water partition coefficient (Wildman–Crippen LogP) is 3.48. The fraction of sp³-hybridized carbons (Fsp3) is 0.231. The molecule has 0 fully saturated rings. The quantitative estimate of drug-likeness (QED) is 0.917. The third-order valence-corrected chi connectivity index (χ3v) is 3.43. The van der Waals surface area contributed by atoms with Gasteiger partial charge in [-0.05, 0) is 37.6 Å². The molecule has 1 heterocycles. The molecule has 1 unspecified atom stereocenters. The van der Waals surface area contributed by atoms with Crippen LogP contribution in [0.4, 0.5) is 0 Å². The van der Waals surface area contributed by atoms with Crippen LogP contribution in [0.5, 0.6) is 0 Å². The Balaban J connectivity index is 2.44. The summed E-state index contributed by atoms with van der Waals surface area (Å²) in [4.78, 5) is 0. The lowest BCUT2D eigenvalue weighted by Crippen LogP contribution is -2.05. The second kappa shape index (κ2) is 5.22. The molecule has 1 aromatic carbocycles. The highest BCUT2D eigenvalue weighted by Crippen LogP contribution is 2.29. The Bertz CT molecular complexity index is 587. The Morgan fingerprint density at radius 1 is 1.06 bits per heavy atom. The van der Waals surface area contributed by atoms with Crippen molar-refractivity contribution in [3.8, 4) is 0 Å². The Kier molecular flexibility index (Phi) is 3.85. The van der Waals surface area contributed by atoms with E-state index in [-0.39, 0.29) is 0 Å². The van der Waals surface area contributed by atoms with E-state index in [2.05, 4.69) is 10.2 Å². The molecule has 94 valence electrons. The van der Waals surface area contributed by atoms with Gasteiger partial charge in [-0.2, -0.15) is 10.2 Å². The first-order valence-corrected chi connectivity index (χ1v) is 6.18. The van der Waals surface area contributed by atoms with Crippen LogP contribution in [0.25, 0.3) is 0 Å². The number of nitrogens with zero attached hydrogens (tertiary/aromatic N) is 2. The van der Waals surface area contributed by atoms with Gasteiger partial charge >= 0.3 is 0 Å². The fourth-order valence-electron chi connectivity index (χ4n) is 1.71. The Hall–Kier alpha value is -1.16. The number of hydrogen-bond acceptors (Lipinski definition) is 3. The van der Waals surface area contributed by atoms with Crippen LogP contribution in [-0.2, 0) is 0 Å². The van der Waals surface area contributed by atoms with Gasteiger partial charge in [0.15, 0.2) is 0 Å². The van der Waals surface area contributed by atoms with Crippen molar-refractivity contribution in [1.29, 1.82) is 0 Å². The van der Waals surface area contributed by atoms with Crippen LogP contribution in [-0.4, -0.2) is 15.3 Å². The molecule has 0 radical (unpaired) electrons. The van der Waals surface area contributed by atoms with E-state index < -0.39 is 6.10 Å². The second-order valence-electron chi connectivity index (χ2n) is 4.10. The van der Waals surface area contributed by atoms with E-state index >= 15 is 0 Å². The van der Waals surface area contributed by atoms with E-state index in [9.17, 15) is 5.11 Å². The molecule has 0 aliphatic carbocycles. The smallest absolute Gasteiger partial charge is 0.106 e. The van der Waals surface area contributed by atoms with Crippen molar-refractivity contribution in [3.63, 3.8) is 0 Å². The Labute approximate surface area is 115 Å². The van der Waals surface area contributed by atoms with E-state index in [0.29, 0.717) is 21.3 Å². The molecule has 18 heavy (non-hydrogen) atoms. The number of aliphatic hydroxyl groups is 1. The second-order valence-corrected chi connectivity index (χ2v) is 4.92. The summed E-state index contributed by atoms with van der Waals surface area (Å²) in [7, 11) is 0. The van der Waals surface area contributed by atoms with Gasteiger partial charge in [-0.1, -0.05) is 29.3 Å². The minimum atomic E-state index is -0.783. The van der Waals surface area contributed by atoms with Crippen LogP contribution >= 0.6 is 23.2 Å². The van der Waals surface area contributed by atoms with Crippen LogP contribution in [0.1, 0.15) is 28.6 Å². The molecule has 0 amide bonds. The van der Waals surface area contributed by atoms with E-state index in [0.717, 1.165) is 11.3 Å². The van der Waals surface area contributed by atoms with Crippen molar-refractivity contribution in [3.05, 3.63) is 56.8 Å². The summed E-state index contributed by atoms with van der Waals surface area (Å²) < 4.78 is 0. The van der Waals surface area contributed by atoms with Crippen LogP contribution in [0.15, 0.2) is 24.3 Å². The molecule has 0 spiro atoms. The Morgan fingerprint density at radius 3 is 2.44 bits per heavy atom. The summed E-state index contributed by atoms with van der Waals surface area (Å²) in [6.45, 7) is 3.64. The van der Waals surface area contributed by atoms with E-state index in [4.69, 9.17) is 23.2 Å². The number of rotatable bonds is 2. The van der Waals surface area contributed by atoms with Gasteiger partial charge in [-0.3, -0.25) is 0 Å². The molecule has 0 bridgehead atoms. The summed E-state index contributed by atoms with van der Waals surface area (Å²) in [6.07, 6.45) is -0.783. The van der Waals surface area contributed by atoms with Crippen LogP contribution in [0, 0.1) is 13.8 Å². The highest BCUT2D eigenvalue weighted by atomic mass is 35.5. The first-order chi connectivity index (χ1) is 8.49. The topological polar surface area (TPSA) is 46.0 Å². The average Bonchev–Trinajstić information content (AvgIpc) is 2.35. The van der Waals surface area contributed by atoms with Crippen LogP contribution in [0.3, 0.4) is 0 Å². The van der Waals surface area contributed by atoms with Crippen LogP contribution < -0.4 is 0 Å². The van der Waals surface area contributed by atoms with E-state index in [1.807, 2.05) is 19.9 Å². The number of benzene rings is 1. The number of hydrogen-bond donors (Lipinski definition) is 1. The molecular formula is C13H12Cl2N2O. The summed E-state index contributed by atoms with van der Waals surface area (Å²) in [5.74, 6) is 0. The van der Waals surface area contributed by atoms with Gasteiger partial charge in [0, 0.05) is 5.56 Å². The Morgan fingerprint density at radius 2 is 1.78 bits per heavy atom. The van der Waals surface area contributed by atoms with Crippen LogP contribution in [0.2, 0.25) is 10.0 Å². The lowest BCUT2D eigenvalue weighted by Gasteiger charge is -2.14. The third-order valence-electron chi connectivity index (χ3n) is 2.69. The van der Waals surface area contributed by atoms with Gasteiger partial charge in [0.25, 0.3) is 0 Å². The van der Waals surface area contributed by atoms with E-state index in [1.165, 1.54) is 0 Å². The molecule has 0 aliphatic heterocycles. The van der Waals surface area contributed by atoms with Gasteiger partial charge < -0.3 is 5.11 Å². The van der Waals surface area contributed by atoms with Gasteiger partial charge in [0.05, 0.1) is 21.4 Å². The molecule has 5 heteroatoms. The lowest BCUT2D eigenvalue weighted by atomic mass is 10.0. The number of halogens is 2. The minimum absolute atomic E-state index is 0.421. The van der Waals surface area contributed by atoms with E-state index in [1.54, 1.807) is 18.2 Å². The molecule has 0 aliphatic rings. The highest BCUT2D eigenvalue weighted by Gasteiger charge is 2.15. The maximum Gasteiger partial charge on any atom is 0.106 e. The zero-order valence-electron chi connectivity index (χ0n) is 9.98. The number of aliphatic hydroxyl groups excluding tert-OH is 1. The zero-order chi connectivity index (χ0) is 13.3. The standard InChI is InChI=1S/C13H12Cl2N2O/c1-7-5-10(8(2)17-16-7)13(18)9-3-4-11(14)12(15)6-9/h3-6,13,18H,1-2H3. The summed E-state index contributed by atoms with van der Waals surface area (Å²) >= 11 is 11.8. The molecule has 1 N–H and O–H groups in total. The lowest BCUT2D eigenvalue weighted by molar-refractivity contribution is 0.218. The van der Waals surface area contributed by atoms with Gasteiger partial charge in [0.1, 0.15) is 6.10 Å². The van der Waals surface area contributed by atoms with Crippen molar-refractivity contribution in [2.24, 2.45) is 0 Å². The summed E-state index contributed by atoms with van der Waals surface area (Å²) in [6, 6.07) is 6.88. The molecule has 1 atom stereocenters. The maximum atomic E-state index is 10.3. The number of aryl methyl sites for hydroxylation is 2. The van der Waals surface area contributed by atoms with Gasteiger partial charge in [0.2, 0.25) is 0 Å². The van der Waals surface area contributed by atoms with Crippen molar-refractivity contribution >= 4 is 23.2 Å². The minimum Gasteiger partial charge on any atom is -0.384 e. The van der Waals surface area contributed by atoms with Crippen molar-refractivity contribution in [2.75, 3.05) is 0 Å². The SMILES string of the molecule is Cc1cc(C(O)c2ccc(Cl)c(Cl)c2)c(C)nn1. The molecule has 2 aromatic rings.